The first-order chi connectivity index (χ1) is 18.6. The number of aliphatic hydroxyl groups is 1. The molecule has 8 nitrogen and oxygen atoms in total. The van der Waals surface area contributed by atoms with Crippen LogP contribution in [0.2, 0.25) is 0 Å². The van der Waals surface area contributed by atoms with Gasteiger partial charge in [-0.05, 0) is 48.6 Å². The smallest absolute Gasteiger partial charge is 0.242 e. The summed E-state index contributed by atoms with van der Waals surface area (Å²) < 4.78 is 7.86. The van der Waals surface area contributed by atoms with Crippen LogP contribution in [-0.2, 0) is 24.3 Å². The third-order valence-corrected chi connectivity index (χ3v) is 7.48. The lowest BCUT2D eigenvalue weighted by Crippen LogP contribution is -2.38. The van der Waals surface area contributed by atoms with Gasteiger partial charge in [0.15, 0.2) is 5.82 Å². The SMILES string of the molecule is O=C(Cn1ccc2cnc(-c3cccc(OCC(O)CN4CCc5ccccc5C4)c3)nc21)N1CCCC1. The first kappa shape index (κ1) is 24.6. The number of aromatic nitrogens is 3. The van der Waals surface area contributed by atoms with Crippen LogP contribution in [0.1, 0.15) is 24.0 Å². The molecule has 0 aliphatic carbocycles. The summed E-state index contributed by atoms with van der Waals surface area (Å²) in [5.74, 6) is 1.36. The van der Waals surface area contributed by atoms with Crippen LogP contribution in [0.25, 0.3) is 22.4 Å². The Bertz CT molecular complexity index is 1430. The molecule has 8 heteroatoms. The number of hydrogen-bond acceptors (Lipinski definition) is 6. The average molecular weight is 512 g/mol. The number of aliphatic hydroxyl groups excluding tert-OH is 1. The van der Waals surface area contributed by atoms with Crippen molar-refractivity contribution in [2.75, 3.05) is 32.8 Å². The largest absolute Gasteiger partial charge is 0.491 e. The summed E-state index contributed by atoms with van der Waals surface area (Å²) in [6.07, 6.45) is 6.26. The maximum atomic E-state index is 12.7. The number of nitrogens with zero attached hydrogens (tertiary/aromatic N) is 5. The van der Waals surface area contributed by atoms with Crippen LogP contribution in [0.15, 0.2) is 67.0 Å². The highest BCUT2D eigenvalue weighted by Crippen LogP contribution is 2.24. The van der Waals surface area contributed by atoms with E-state index in [9.17, 15) is 9.90 Å². The van der Waals surface area contributed by atoms with Gasteiger partial charge < -0.3 is 19.3 Å². The van der Waals surface area contributed by atoms with Gasteiger partial charge in [0.2, 0.25) is 5.91 Å². The fraction of sp³-hybridized carbons (Fsp3) is 0.367. The number of hydrogen-bond donors (Lipinski definition) is 1. The van der Waals surface area contributed by atoms with Crippen LogP contribution in [0, 0.1) is 0 Å². The predicted molar refractivity (Wildman–Crippen MR) is 146 cm³/mol. The van der Waals surface area contributed by atoms with Gasteiger partial charge in [0, 0.05) is 56.1 Å². The molecule has 1 atom stereocenters. The first-order valence-corrected chi connectivity index (χ1v) is 13.4. The molecule has 4 heterocycles. The second kappa shape index (κ2) is 10.9. The Hall–Kier alpha value is -3.75. The normalized spacial score (nSPS) is 16.5. The summed E-state index contributed by atoms with van der Waals surface area (Å²) >= 11 is 0. The molecule has 1 amide bonds. The summed E-state index contributed by atoms with van der Waals surface area (Å²) in [5, 5.41) is 11.5. The number of likely N-dealkylation sites (tertiary alicyclic amines) is 1. The third kappa shape index (κ3) is 5.42. The number of fused-ring (bicyclic) bond motifs is 2. The molecule has 2 aliphatic rings. The molecule has 0 saturated carbocycles. The van der Waals surface area contributed by atoms with E-state index in [1.807, 2.05) is 46.0 Å². The number of β-amino-alcohol motifs (C(OH)–C–C–N with tert-alkyl or cyclic N) is 1. The van der Waals surface area contributed by atoms with Gasteiger partial charge in [0.1, 0.15) is 30.7 Å². The highest BCUT2D eigenvalue weighted by Gasteiger charge is 2.20. The quantitative estimate of drug-likeness (QED) is 0.390. The molecule has 0 spiro atoms. The standard InChI is InChI=1S/C30H33N5O3/c36-26(19-33-14-10-22-6-1-2-7-25(22)18-33)21-38-27-9-5-8-23(16-27)29-31-17-24-11-15-35(30(24)32-29)20-28(37)34-12-3-4-13-34/h1-2,5-9,11,15-17,26,36H,3-4,10,12-14,18-21H2. The van der Waals surface area contributed by atoms with Gasteiger partial charge in [-0.15, -0.1) is 0 Å². The van der Waals surface area contributed by atoms with E-state index in [1.54, 1.807) is 6.20 Å². The molecule has 1 N–H and O–H groups in total. The topological polar surface area (TPSA) is 83.7 Å². The van der Waals surface area contributed by atoms with Crippen molar-refractivity contribution in [3.05, 3.63) is 78.1 Å². The summed E-state index contributed by atoms with van der Waals surface area (Å²) in [7, 11) is 0. The molecule has 1 saturated heterocycles. The summed E-state index contributed by atoms with van der Waals surface area (Å²) in [5.41, 5.74) is 4.30. The van der Waals surface area contributed by atoms with Gasteiger partial charge >= 0.3 is 0 Å². The number of rotatable bonds is 8. The highest BCUT2D eigenvalue weighted by atomic mass is 16.5. The van der Waals surface area contributed by atoms with E-state index in [-0.39, 0.29) is 19.1 Å². The van der Waals surface area contributed by atoms with Crippen LogP contribution in [0.3, 0.4) is 0 Å². The van der Waals surface area contributed by atoms with Crippen molar-refractivity contribution in [2.45, 2.75) is 38.5 Å². The van der Waals surface area contributed by atoms with E-state index in [0.717, 1.165) is 62.0 Å². The number of amides is 1. The zero-order valence-corrected chi connectivity index (χ0v) is 21.5. The van der Waals surface area contributed by atoms with E-state index in [1.165, 1.54) is 11.1 Å². The zero-order chi connectivity index (χ0) is 25.9. The maximum absolute atomic E-state index is 12.7. The van der Waals surface area contributed by atoms with Crippen LogP contribution < -0.4 is 4.74 Å². The highest BCUT2D eigenvalue weighted by molar-refractivity contribution is 5.81. The number of benzene rings is 2. The molecule has 196 valence electrons. The number of carbonyl (C=O) groups is 1. The Kier molecular flexibility index (Phi) is 7.07. The summed E-state index contributed by atoms with van der Waals surface area (Å²) in [6, 6.07) is 18.1. The molecule has 2 aliphatic heterocycles. The minimum atomic E-state index is -0.590. The molecule has 2 aromatic carbocycles. The van der Waals surface area contributed by atoms with Crippen LogP contribution >= 0.6 is 0 Å². The first-order valence-electron chi connectivity index (χ1n) is 13.4. The minimum absolute atomic E-state index is 0.128. The maximum Gasteiger partial charge on any atom is 0.242 e. The fourth-order valence-corrected chi connectivity index (χ4v) is 5.43. The van der Waals surface area contributed by atoms with Gasteiger partial charge in [0.05, 0.1) is 0 Å². The molecule has 0 bridgehead atoms. The monoisotopic (exact) mass is 511 g/mol. The molecule has 0 radical (unpaired) electrons. The van der Waals surface area contributed by atoms with Gasteiger partial charge in [0.25, 0.3) is 0 Å². The fourth-order valence-electron chi connectivity index (χ4n) is 5.43. The lowest BCUT2D eigenvalue weighted by atomic mass is 10.00. The van der Waals surface area contributed by atoms with E-state index < -0.39 is 6.10 Å². The Balaban J connectivity index is 1.09. The van der Waals surface area contributed by atoms with Crippen molar-refractivity contribution in [1.29, 1.82) is 0 Å². The van der Waals surface area contributed by atoms with E-state index in [2.05, 4.69) is 34.1 Å². The summed E-state index contributed by atoms with van der Waals surface area (Å²) in [6.45, 7) is 4.54. The Morgan fingerprint density at radius 3 is 2.74 bits per heavy atom. The van der Waals surface area contributed by atoms with E-state index >= 15 is 0 Å². The van der Waals surface area contributed by atoms with E-state index in [4.69, 9.17) is 9.72 Å². The second-order valence-electron chi connectivity index (χ2n) is 10.3. The molecule has 1 fully saturated rings. The van der Waals surface area contributed by atoms with Crippen molar-refractivity contribution in [1.82, 2.24) is 24.3 Å². The number of ether oxygens (including phenoxy) is 1. The van der Waals surface area contributed by atoms with Crippen molar-refractivity contribution < 1.29 is 14.6 Å². The van der Waals surface area contributed by atoms with Crippen LogP contribution in [0.4, 0.5) is 0 Å². The van der Waals surface area contributed by atoms with Crippen molar-refractivity contribution >= 4 is 16.9 Å². The Labute approximate surface area is 222 Å². The van der Waals surface area contributed by atoms with Crippen molar-refractivity contribution in [3.8, 4) is 17.1 Å². The molecule has 2 aromatic heterocycles. The number of carbonyl (C=O) groups excluding carboxylic acids is 1. The molecular formula is C30H33N5O3. The lowest BCUT2D eigenvalue weighted by molar-refractivity contribution is -0.130. The average Bonchev–Trinajstić information content (AvgIpc) is 3.63. The van der Waals surface area contributed by atoms with Crippen molar-refractivity contribution in [3.63, 3.8) is 0 Å². The molecular weight excluding hydrogens is 478 g/mol. The van der Waals surface area contributed by atoms with Gasteiger partial charge in [-0.1, -0.05) is 36.4 Å². The second-order valence-corrected chi connectivity index (χ2v) is 10.3. The predicted octanol–water partition coefficient (Wildman–Crippen LogP) is 3.52. The molecule has 4 aromatic rings. The molecule has 38 heavy (non-hydrogen) atoms. The Morgan fingerprint density at radius 2 is 1.87 bits per heavy atom. The van der Waals surface area contributed by atoms with Gasteiger partial charge in [-0.25, -0.2) is 9.97 Å². The Morgan fingerprint density at radius 1 is 1.03 bits per heavy atom. The molecule has 6 rings (SSSR count). The third-order valence-electron chi connectivity index (χ3n) is 7.48. The summed E-state index contributed by atoms with van der Waals surface area (Å²) in [4.78, 5) is 26.2. The molecule has 1 unspecified atom stereocenters. The van der Waals surface area contributed by atoms with Crippen molar-refractivity contribution in [2.24, 2.45) is 0 Å². The van der Waals surface area contributed by atoms with Gasteiger partial charge in [-0.2, -0.15) is 0 Å². The minimum Gasteiger partial charge on any atom is -0.491 e. The van der Waals surface area contributed by atoms with Crippen LogP contribution in [-0.4, -0.2) is 74.2 Å². The van der Waals surface area contributed by atoms with E-state index in [0.29, 0.717) is 18.1 Å². The zero-order valence-electron chi connectivity index (χ0n) is 21.5. The lowest BCUT2D eigenvalue weighted by Gasteiger charge is -2.30. The van der Waals surface area contributed by atoms with Gasteiger partial charge in [-0.3, -0.25) is 9.69 Å². The van der Waals surface area contributed by atoms with Crippen LogP contribution in [0.5, 0.6) is 5.75 Å².